The summed E-state index contributed by atoms with van der Waals surface area (Å²) in [7, 11) is 0. The number of hydrogen-bond acceptors (Lipinski definition) is 4. The second-order valence-electron chi connectivity index (χ2n) is 5.72. The average molecular weight is 315 g/mol. The van der Waals surface area contributed by atoms with Gasteiger partial charge in [-0.2, -0.15) is 0 Å². The molecule has 6 heteroatoms. The zero-order valence-electron chi connectivity index (χ0n) is 13.5. The predicted molar refractivity (Wildman–Crippen MR) is 86.8 cm³/mol. The van der Waals surface area contributed by atoms with Gasteiger partial charge >= 0.3 is 0 Å². The monoisotopic (exact) mass is 315 g/mol. The van der Waals surface area contributed by atoms with E-state index in [-0.39, 0.29) is 17.7 Å². The molecular formula is C17H21N3O3. The number of benzene rings is 1. The molecular weight excluding hydrogens is 294 g/mol. The van der Waals surface area contributed by atoms with Gasteiger partial charge in [-0.3, -0.25) is 9.59 Å². The molecule has 1 atom stereocenters. The number of aryl methyl sites for hydroxylation is 1. The first kappa shape index (κ1) is 16.7. The van der Waals surface area contributed by atoms with E-state index in [9.17, 15) is 9.59 Å². The van der Waals surface area contributed by atoms with Gasteiger partial charge in [0.05, 0.1) is 0 Å². The third kappa shape index (κ3) is 4.95. The Morgan fingerprint density at radius 1 is 1.17 bits per heavy atom. The van der Waals surface area contributed by atoms with Gasteiger partial charge in [-0.15, -0.1) is 0 Å². The zero-order valence-corrected chi connectivity index (χ0v) is 13.5. The Kier molecular flexibility index (Phi) is 5.51. The van der Waals surface area contributed by atoms with Crippen molar-refractivity contribution in [3.8, 4) is 0 Å². The van der Waals surface area contributed by atoms with Gasteiger partial charge in [0.2, 0.25) is 11.8 Å². The highest BCUT2D eigenvalue weighted by Gasteiger charge is 2.23. The molecule has 2 N–H and O–H groups in total. The fourth-order valence-corrected chi connectivity index (χ4v) is 2.04. The second-order valence-corrected chi connectivity index (χ2v) is 5.72. The number of amides is 2. The van der Waals surface area contributed by atoms with Gasteiger partial charge in [0.25, 0.3) is 0 Å². The lowest BCUT2D eigenvalue weighted by molar-refractivity contribution is -0.128. The molecule has 0 aliphatic carbocycles. The number of carbonyl (C=O) groups is 2. The van der Waals surface area contributed by atoms with Crippen LogP contribution in [-0.4, -0.2) is 23.0 Å². The molecule has 1 aromatic heterocycles. The topological polar surface area (TPSA) is 84.2 Å². The van der Waals surface area contributed by atoms with Gasteiger partial charge in [-0.25, -0.2) is 0 Å². The lowest BCUT2D eigenvalue weighted by Crippen LogP contribution is -2.46. The molecule has 1 heterocycles. The number of anilines is 1. The van der Waals surface area contributed by atoms with Crippen molar-refractivity contribution < 1.29 is 14.1 Å². The van der Waals surface area contributed by atoms with E-state index in [0.29, 0.717) is 18.0 Å². The predicted octanol–water partition coefficient (Wildman–Crippen LogP) is 2.31. The van der Waals surface area contributed by atoms with E-state index >= 15 is 0 Å². The van der Waals surface area contributed by atoms with E-state index < -0.39 is 6.04 Å². The van der Waals surface area contributed by atoms with Crippen LogP contribution in [0.1, 0.15) is 25.2 Å². The number of aromatic nitrogens is 1. The molecule has 0 fully saturated rings. The third-order valence-corrected chi connectivity index (χ3v) is 3.32. The van der Waals surface area contributed by atoms with E-state index in [4.69, 9.17) is 4.52 Å². The minimum absolute atomic E-state index is 0.169. The zero-order chi connectivity index (χ0) is 16.8. The average Bonchev–Trinajstić information content (AvgIpc) is 2.92. The SMILES string of the molecule is Cc1cc(NC(=O)[C@H](Cc2ccccc2)NC(=O)C(C)C)no1. The van der Waals surface area contributed by atoms with Crippen LogP contribution >= 0.6 is 0 Å². The number of nitrogens with one attached hydrogen (secondary N) is 2. The molecule has 0 spiro atoms. The first-order valence-electron chi connectivity index (χ1n) is 7.54. The molecule has 0 aliphatic rings. The van der Waals surface area contributed by atoms with Crippen molar-refractivity contribution in [1.29, 1.82) is 0 Å². The van der Waals surface area contributed by atoms with E-state index in [1.54, 1.807) is 26.8 Å². The Morgan fingerprint density at radius 2 is 1.87 bits per heavy atom. The second kappa shape index (κ2) is 7.58. The van der Waals surface area contributed by atoms with Gasteiger partial charge in [0.1, 0.15) is 11.8 Å². The Bertz CT molecular complexity index is 665. The van der Waals surface area contributed by atoms with Crippen LogP contribution in [0.15, 0.2) is 40.9 Å². The summed E-state index contributed by atoms with van der Waals surface area (Å²) in [6.45, 7) is 5.31. The molecule has 0 radical (unpaired) electrons. The van der Waals surface area contributed by atoms with Gasteiger partial charge in [0, 0.05) is 18.4 Å². The van der Waals surface area contributed by atoms with Crippen molar-refractivity contribution in [3.05, 3.63) is 47.7 Å². The van der Waals surface area contributed by atoms with Crippen LogP contribution in [0.3, 0.4) is 0 Å². The van der Waals surface area contributed by atoms with Crippen molar-refractivity contribution in [2.24, 2.45) is 5.92 Å². The lowest BCUT2D eigenvalue weighted by Gasteiger charge is -2.19. The maximum atomic E-state index is 12.5. The van der Waals surface area contributed by atoms with Gasteiger partial charge in [-0.1, -0.05) is 49.3 Å². The molecule has 6 nitrogen and oxygen atoms in total. The Morgan fingerprint density at radius 3 is 2.43 bits per heavy atom. The number of rotatable bonds is 6. The van der Waals surface area contributed by atoms with Crippen LogP contribution in [0.5, 0.6) is 0 Å². The van der Waals surface area contributed by atoms with Crippen molar-refractivity contribution in [3.63, 3.8) is 0 Å². The molecule has 23 heavy (non-hydrogen) atoms. The molecule has 2 rings (SSSR count). The Balaban J connectivity index is 2.11. The molecule has 122 valence electrons. The summed E-state index contributed by atoms with van der Waals surface area (Å²) in [5, 5.41) is 9.19. The van der Waals surface area contributed by atoms with Crippen LogP contribution in [0.2, 0.25) is 0 Å². The maximum Gasteiger partial charge on any atom is 0.248 e. The number of nitrogens with zero attached hydrogens (tertiary/aromatic N) is 1. The molecule has 1 aromatic carbocycles. The smallest absolute Gasteiger partial charge is 0.248 e. The lowest BCUT2D eigenvalue weighted by atomic mass is 10.0. The van der Waals surface area contributed by atoms with E-state index in [2.05, 4.69) is 15.8 Å². The van der Waals surface area contributed by atoms with Crippen LogP contribution < -0.4 is 10.6 Å². The fourth-order valence-electron chi connectivity index (χ4n) is 2.04. The molecule has 2 aromatic rings. The molecule has 0 unspecified atom stereocenters. The van der Waals surface area contributed by atoms with Crippen LogP contribution in [0.25, 0.3) is 0 Å². The van der Waals surface area contributed by atoms with Crippen molar-refractivity contribution in [2.75, 3.05) is 5.32 Å². The minimum atomic E-state index is -0.677. The summed E-state index contributed by atoms with van der Waals surface area (Å²) >= 11 is 0. The molecule has 0 aliphatic heterocycles. The number of carbonyl (C=O) groups excluding carboxylic acids is 2. The van der Waals surface area contributed by atoms with Gasteiger partial charge in [0.15, 0.2) is 5.82 Å². The highest BCUT2D eigenvalue weighted by atomic mass is 16.5. The summed E-state index contributed by atoms with van der Waals surface area (Å²) in [6, 6.07) is 10.5. The Labute approximate surface area is 135 Å². The quantitative estimate of drug-likeness (QED) is 0.856. The number of hydrogen-bond donors (Lipinski definition) is 2. The Hall–Kier alpha value is -2.63. The highest BCUT2D eigenvalue weighted by Crippen LogP contribution is 2.10. The van der Waals surface area contributed by atoms with E-state index in [1.807, 2.05) is 30.3 Å². The summed E-state index contributed by atoms with van der Waals surface area (Å²) in [4.78, 5) is 24.5. The standard InChI is InChI=1S/C17H21N3O3/c1-11(2)16(21)18-14(10-13-7-5-4-6-8-13)17(22)19-15-9-12(3)23-20-15/h4-9,11,14H,10H2,1-3H3,(H,18,21)(H,19,20,22)/t14-/m0/s1. The maximum absolute atomic E-state index is 12.5. The molecule has 0 saturated heterocycles. The minimum Gasteiger partial charge on any atom is -0.360 e. The molecule has 2 amide bonds. The molecule has 0 bridgehead atoms. The fraction of sp³-hybridized carbons (Fsp3) is 0.353. The normalized spacial score (nSPS) is 12.0. The summed E-state index contributed by atoms with van der Waals surface area (Å²) in [6.07, 6.45) is 0.405. The highest BCUT2D eigenvalue weighted by molar-refractivity contribution is 5.96. The van der Waals surface area contributed by atoms with E-state index in [1.165, 1.54) is 0 Å². The van der Waals surface area contributed by atoms with Crippen molar-refractivity contribution in [2.45, 2.75) is 33.2 Å². The summed E-state index contributed by atoms with van der Waals surface area (Å²) in [5.41, 5.74) is 0.966. The van der Waals surface area contributed by atoms with E-state index in [0.717, 1.165) is 5.56 Å². The largest absolute Gasteiger partial charge is 0.360 e. The van der Waals surface area contributed by atoms with Crippen molar-refractivity contribution >= 4 is 17.6 Å². The van der Waals surface area contributed by atoms with Gasteiger partial charge in [-0.05, 0) is 12.5 Å². The summed E-state index contributed by atoms with van der Waals surface area (Å²) in [5.74, 6) is 0.249. The van der Waals surface area contributed by atoms with Crippen LogP contribution in [0.4, 0.5) is 5.82 Å². The molecule has 0 saturated carbocycles. The van der Waals surface area contributed by atoms with Gasteiger partial charge < -0.3 is 15.2 Å². The third-order valence-electron chi connectivity index (χ3n) is 3.32. The summed E-state index contributed by atoms with van der Waals surface area (Å²) < 4.78 is 4.93. The van der Waals surface area contributed by atoms with Crippen LogP contribution in [0, 0.1) is 12.8 Å². The first-order chi connectivity index (χ1) is 11.0. The van der Waals surface area contributed by atoms with Crippen molar-refractivity contribution in [1.82, 2.24) is 10.5 Å². The van der Waals surface area contributed by atoms with Crippen LogP contribution in [-0.2, 0) is 16.0 Å². The first-order valence-corrected chi connectivity index (χ1v) is 7.54.